The fourth-order valence-electron chi connectivity index (χ4n) is 4.89. The highest BCUT2D eigenvalue weighted by Gasteiger charge is 2.70. The number of benzene rings is 1. The summed E-state index contributed by atoms with van der Waals surface area (Å²) in [6, 6.07) is 7.34. The van der Waals surface area contributed by atoms with Gasteiger partial charge >= 0.3 is 0 Å². The summed E-state index contributed by atoms with van der Waals surface area (Å²) < 4.78 is 0. The lowest BCUT2D eigenvalue weighted by Crippen LogP contribution is -2.55. The molecule has 0 radical (unpaired) electrons. The van der Waals surface area contributed by atoms with E-state index < -0.39 is 17.4 Å². The molecule has 3 aliphatic rings. The summed E-state index contributed by atoms with van der Waals surface area (Å²) in [5, 5.41) is 3.47. The van der Waals surface area contributed by atoms with Crippen LogP contribution >= 0.6 is 11.8 Å². The van der Waals surface area contributed by atoms with Crippen LogP contribution in [-0.2, 0) is 19.9 Å². The predicted molar refractivity (Wildman–Crippen MR) is 105 cm³/mol. The van der Waals surface area contributed by atoms with Crippen molar-refractivity contribution < 1.29 is 14.4 Å². The van der Waals surface area contributed by atoms with E-state index >= 15 is 0 Å². The zero-order valence-electron chi connectivity index (χ0n) is 15.5. The number of para-hydroxylation sites is 1. The Bertz CT molecular complexity index is 842. The van der Waals surface area contributed by atoms with E-state index in [2.05, 4.69) is 11.9 Å². The van der Waals surface area contributed by atoms with E-state index in [1.165, 1.54) is 11.9 Å². The Morgan fingerprint density at radius 1 is 1.26 bits per heavy atom. The van der Waals surface area contributed by atoms with Crippen LogP contribution < -0.4 is 10.2 Å². The molecule has 1 aromatic carbocycles. The van der Waals surface area contributed by atoms with Gasteiger partial charge in [0.25, 0.3) is 5.91 Å². The van der Waals surface area contributed by atoms with Crippen LogP contribution in [0.2, 0.25) is 0 Å². The Balaban J connectivity index is 1.88. The SMILES string of the molecule is C=CCN1C(=O)[C@@]2(N[C@@H](CCSC)[C@H]3C(=O)N(C)C(=O)[C@H]32)c2ccccc21. The van der Waals surface area contributed by atoms with Gasteiger partial charge in [-0.05, 0) is 24.5 Å². The second-order valence-corrected chi connectivity index (χ2v) is 8.29. The molecule has 3 heterocycles. The van der Waals surface area contributed by atoms with Gasteiger partial charge in [0.15, 0.2) is 0 Å². The second kappa shape index (κ2) is 6.49. The van der Waals surface area contributed by atoms with Crippen molar-refractivity contribution in [3.8, 4) is 0 Å². The molecule has 2 saturated heterocycles. The molecule has 0 unspecified atom stereocenters. The average molecular weight is 385 g/mol. The monoisotopic (exact) mass is 385 g/mol. The van der Waals surface area contributed by atoms with Crippen molar-refractivity contribution in [1.29, 1.82) is 0 Å². The average Bonchev–Trinajstić information content (AvgIpc) is 3.22. The number of anilines is 1. The maximum absolute atomic E-state index is 13.6. The van der Waals surface area contributed by atoms with Crippen molar-refractivity contribution in [2.24, 2.45) is 11.8 Å². The van der Waals surface area contributed by atoms with Crippen LogP contribution in [-0.4, -0.2) is 54.3 Å². The molecule has 0 aliphatic carbocycles. The normalized spacial score (nSPS) is 31.8. The van der Waals surface area contributed by atoms with Crippen LogP contribution in [0.4, 0.5) is 5.69 Å². The zero-order chi connectivity index (χ0) is 19.3. The summed E-state index contributed by atoms with van der Waals surface area (Å²) in [6.45, 7) is 4.13. The van der Waals surface area contributed by atoms with E-state index in [9.17, 15) is 14.4 Å². The van der Waals surface area contributed by atoms with Crippen molar-refractivity contribution in [1.82, 2.24) is 10.2 Å². The van der Waals surface area contributed by atoms with Crippen molar-refractivity contribution in [2.45, 2.75) is 18.0 Å². The van der Waals surface area contributed by atoms with Crippen LogP contribution in [0.15, 0.2) is 36.9 Å². The quantitative estimate of drug-likeness (QED) is 0.612. The summed E-state index contributed by atoms with van der Waals surface area (Å²) in [6.07, 6.45) is 4.42. The molecule has 142 valence electrons. The minimum absolute atomic E-state index is 0.165. The summed E-state index contributed by atoms with van der Waals surface area (Å²) in [4.78, 5) is 42.4. The third-order valence-corrected chi connectivity index (χ3v) is 6.68. The van der Waals surface area contributed by atoms with E-state index in [1.54, 1.807) is 22.7 Å². The van der Waals surface area contributed by atoms with Gasteiger partial charge in [0, 0.05) is 30.9 Å². The van der Waals surface area contributed by atoms with Gasteiger partial charge in [0.1, 0.15) is 5.54 Å². The van der Waals surface area contributed by atoms with E-state index in [1.807, 2.05) is 30.5 Å². The Kier molecular flexibility index (Phi) is 4.39. The van der Waals surface area contributed by atoms with Crippen LogP contribution in [0, 0.1) is 11.8 Å². The van der Waals surface area contributed by atoms with Crippen molar-refractivity contribution in [3.63, 3.8) is 0 Å². The molecule has 3 amide bonds. The fraction of sp³-hybridized carbons (Fsp3) is 0.450. The maximum Gasteiger partial charge on any atom is 0.253 e. The smallest absolute Gasteiger partial charge is 0.253 e. The fourth-order valence-corrected chi connectivity index (χ4v) is 5.38. The molecule has 4 rings (SSSR count). The first kappa shape index (κ1) is 18.3. The zero-order valence-corrected chi connectivity index (χ0v) is 16.3. The molecular weight excluding hydrogens is 362 g/mol. The number of carbonyl (C=O) groups excluding carboxylic acids is 3. The van der Waals surface area contributed by atoms with E-state index in [0.717, 1.165) is 23.4 Å². The first-order valence-electron chi connectivity index (χ1n) is 9.09. The summed E-state index contributed by atoms with van der Waals surface area (Å²) in [5.41, 5.74) is 0.397. The van der Waals surface area contributed by atoms with Crippen molar-refractivity contribution in [3.05, 3.63) is 42.5 Å². The Labute approximate surface area is 163 Å². The first-order valence-corrected chi connectivity index (χ1v) is 10.5. The van der Waals surface area contributed by atoms with Crippen LogP contribution in [0.3, 0.4) is 0 Å². The minimum atomic E-state index is -1.18. The first-order chi connectivity index (χ1) is 13.0. The van der Waals surface area contributed by atoms with Crippen LogP contribution in [0.25, 0.3) is 0 Å². The maximum atomic E-state index is 13.6. The molecule has 1 aromatic rings. The van der Waals surface area contributed by atoms with Gasteiger partial charge < -0.3 is 4.90 Å². The standard InChI is InChI=1S/C20H23N3O3S/c1-4-10-23-14-8-6-5-7-12(14)20(19(23)26)16-15(13(21-20)9-11-27-3)17(24)22(2)18(16)25/h4-8,13,15-16,21H,1,9-11H2,2-3H3/t13-,15+,16-,20+/m0/s1. The Hall–Kier alpha value is -2.12. The molecule has 1 N–H and O–H groups in total. The lowest BCUT2D eigenvalue weighted by Gasteiger charge is -2.30. The van der Waals surface area contributed by atoms with Gasteiger partial charge in [-0.15, -0.1) is 6.58 Å². The number of carbonyl (C=O) groups is 3. The summed E-state index contributed by atoms with van der Waals surface area (Å²) in [5.74, 6) is -0.975. The number of nitrogens with one attached hydrogen (secondary N) is 1. The molecular formula is C20H23N3O3S. The number of amides is 3. The molecule has 4 atom stereocenters. The molecule has 1 spiro atoms. The van der Waals surface area contributed by atoms with E-state index in [4.69, 9.17) is 0 Å². The minimum Gasteiger partial charge on any atom is -0.306 e. The highest BCUT2D eigenvalue weighted by atomic mass is 32.2. The largest absolute Gasteiger partial charge is 0.306 e. The van der Waals surface area contributed by atoms with Gasteiger partial charge in [0.05, 0.1) is 11.8 Å². The molecule has 2 fully saturated rings. The number of imide groups is 1. The lowest BCUT2D eigenvalue weighted by molar-refractivity contribution is -0.141. The predicted octanol–water partition coefficient (Wildman–Crippen LogP) is 1.37. The van der Waals surface area contributed by atoms with Crippen molar-refractivity contribution in [2.75, 3.05) is 30.5 Å². The number of hydrogen-bond acceptors (Lipinski definition) is 5. The topological polar surface area (TPSA) is 69.7 Å². The summed E-state index contributed by atoms with van der Waals surface area (Å²) in [7, 11) is 1.52. The third kappa shape index (κ3) is 2.28. The van der Waals surface area contributed by atoms with Gasteiger partial charge in [-0.25, -0.2) is 0 Å². The highest BCUT2D eigenvalue weighted by Crippen LogP contribution is 2.54. The van der Waals surface area contributed by atoms with Crippen LogP contribution in [0.5, 0.6) is 0 Å². The Morgan fingerprint density at radius 2 is 2.00 bits per heavy atom. The molecule has 27 heavy (non-hydrogen) atoms. The highest BCUT2D eigenvalue weighted by molar-refractivity contribution is 7.98. The number of nitrogens with zero attached hydrogens (tertiary/aromatic N) is 2. The van der Waals surface area contributed by atoms with E-state index in [-0.39, 0.29) is 23.8 Å². The second-order valence-electron chi connectivity index (χ2n) is 7.30. The van der Waals surface area contributed by atoms with Gasteiger partial charge in [0.2, 0.25) is 11.8 Å². The summed E-state index contributed by atoms with van der Waals surface area (Å²) >= 11 is 1.69. The molecule has 6 nitrogen and oxygen atoms in total. The van der Waals surface area contributed by atoms with E-state index in [0.29, 0.717) is 6.54 Å². The molecule has 0 saturated carbocycles. The molecule has 3 aliphatic heterocycles. The van der Waals surface area contributed by atoms with Gasteiger partial charge in [-0.2, -0.15) is 11.8 Å². The van der Waals surface area contributed by atoms with Crippen LogP contribution in [0.1, 0.15) is 12.0 Å². The number of likely N-dealkylation sites (tertiary alicyclic amines) is 1. The lowest BCUT2D eigenvalue weighted by atomic mass is 9.76. The third-order valence-electron chi connectivity index (χ3n) is 6.03. The van der Waals surface area contributed by atoms with Gasteiger partial charge in [-0.1, -0.05) is 24.3 Å². The molecule has 7 heteroatoms. The number of fused-ring (bicyclic) bond motifs is 4. The molecule has 0 bridgehead atoms. The Morgan fingerprint density at radius 3 is 2.70 bits per heavy atom. The van der Waals surface area contributed by atoms with Crippen molar-refractivity contribution >= 4 is 35.2 Å². The number of rotatable bonds is 5. The molecule has 0 aromatic heterocycles. The number of hydrogen-bond donors (Lipinski definition) is 1. The van der Waals surface area contributed by atoms with Gasteiger partial charge in [-0.3, -0.25) is 24.6 Å². The number of thioether (sulfide) groups is 1.